The zero-order valence-corrected chi connectivity index (χ0v) is 16.8. The molecule has 2 aromatic carbocycles. The molecule has 0 spiro atoms. The normalized spacial score (nSPS) is 15.9. The maximum atomic E-state index is 12.5. The molecular weight excluding hydrogens is 382 g/mol. The van der Waals surface area contributed by atoms with Gasteiger partial charge in [0.2, 0.25) is 11.8 Å². The molecule has 156 valence electrons. The monoisotopic (exact) mass is 407 g/mol. The fourth-order valence-electron chi connectivity index (χ4n) is 3.76. The number of nitrogens with one attached hydrogen (secondary N) is 1. The van der Waals surface area contributed by atoms with Gasteiger partial charge < -0.3 is 15.0 Å². The van der Waals surface area contributed by atoms with Crippen molar-refractivity contribution >= 4 is 23.4 Å². The van der Waals surface area contributed by atoms with E-state index in [2.05, 4.69) is 5.32 Å². The highest BCUT2D eigenvalue weighted by Crippen LogP contribution is 2.30. The standard InChI is InChI=1S/C23H25N3O4/c27-21(16-26-19-5-1-2-6-20(19)30-14-11-22(26)28)24-15-17-7-9-18(10-8-17)23(29)25-12-3-4-13-25/h1-2,5-10H,3-4,11-16H2,(H,24,27). The summed E-state index contributed by atoms with van der Waals surface area (Å²) in [6, 6.07) is 14.5. The van der Waals surface area contributed by atoms with E-state index in [9.17, 15) is 14.4 Å². The van der Waals surface area contributed by atoms with E-state index < -0.39 is 0 Å². The molecule has 0 unspecified atom stereocenters. The van der Waals surface area contributed by atoms with Crippen molar-refractivity contribution in [3.8, 4) is 5.75 Å². The molecule has 4 rings (SSSR count). The first-order valence-corrected chi connectivity index (χ1v) is 10.3. The minimum Gasteiger partial charge on any atom is -0.491 e. The van der Waals surface area contributed by atoms with Gasteiger partial charge >= 0.3 is 0 Å². The molecule has 0 bridgehead atoms. The summed E-state index contributed by atoms with van der Waals surface area (Å²) in [6.45, 7) is 2.21. The van der Waals surface area contributed by atoms with Crippen molar-refractivity contribution < 1.29 is 19.1 Å². The summed E-state index contributed by atoms with van der Waals surface area (Å²) < 4.78 is 5.60. The number of carbonyl (C=O) groups is 3. The number of amides is 3. The zero-order valence-electron chi connectivity index (χ0n) is 16.8. The molecule has 7 heteroatoms. The van der Waals surface area contributed by atoms with E-state index in [1.54, 1.807) is 24.3 Å². The molecule has 7 nitrogen and oxygen atoms in total. The van der Waals surface area contributed by atoms with E-state index in [0.29, 0.717) is 30.2 Å². The van der Waals surface area contributed by atoms with Crippen LogP contribution in [0.4, 0.5) is 5.69 Å². The van der Waals surface area contributed by atoms with Gasteiger partial charge in [-0.15, -0.1) is 0 Å². The highest BCUT2D eigenvalue weighted by Gasteiger charge is 2.25. The molecule has 3 amide bonds. The number of likely N-dealkylation sites (tertiary alicyclic amines) is 1. The summed E-state index contributed by atoms with van der Waals surface area (Å²) in [5, 5.41) is 2.85. The molecule has 2 aromatic rings. The Morgan fingerprint density at radius 3 is 2.50 bits per heavy atom. The lowest BCUT2D eigenvalue weighted by molar-refractivity contribution is -0.124. The Morgan fingerprint density at radius 1 is 1.00 bits per heavy atom. The van der Waals surface area contributed by atoms with Crippen LogP contribution in [0, 0.1) is 0 Å². The second-order valence-corrected chi connectivity index (χ2v) is 7.52. The molecule has 0 saturated carbocycles. The van der Waals surface area contributed by atoms with Crippen molar-refractivity contribution in [1.82, 2.24) is 10.2 Å². The second-order valence-electron chi connectivity index (χ2n) is 7.52. The molecule has 1 fully saturated rings. The SMILES string of the molecule is O=C(CN1C(=O)CCOc2ccccc21)NCc1ccc(C(=O)N2CCCC2)cc1. The Labute approximate surface area is 175 Å². The largest absolute Gasteiger partial charge is 0.491 e. The van der Waals surface area contributed by atoms with Crippen molar-refractivity contribution in [2.75, 3.05) is 31.1 Å². The summed E-state index contributed by atoms with van der Waals surface area (Å²) >= 11 is 0. The van der Waals surface area contributed by atoms with E-state index >= 15 is 0 Å². The summed E-state index contributed by atoms with van der Waals surface area (Å²) in [5.41, 5.74) is 2.17. The van der Waals surface area contributed by atoms with Gasteiger partial charge in [-0.1, -0.05) is 24.3 Å². The number of hydrogen-bond donors (Lipinski definition) is 1. The number of hydrogen-bond acceptors (Lipinski definition) is 4. The van der Waals surface area contributed by atoms with E-state index in [0.717, 1.165) is 31.5 Å². The smallest absolute Gasteiger partial charge is 0.253 e. The third kappa shape index (κ3) is 4.45. The maximum Gasteiger partial charge on any atom is 0.253 e. The zero-order chi connectivity index (χ0) is 20.9. The number of fused-ring (bicyclic) bond motifs is 1. The molecular formula is C23H25N3O4. The van der Waals surface area contributed by atoms with Crippen LogP contribution in [-0.2, 0) is 16.1 Å². The molecule has 2 aliphatic rings. The molecule has 1 N–H and O–H groups in total. The van der Waals surface area contributed by atoms with Crippen LogP contribution in [-0.4, -0.2) is 48.9 Å². The van der Waals surface area contributed by atoms with Crippen LogP contribution in [0.3, 0.4) is 0 Å². The molecule has 2 heterocycles. The Hall–Kier alpha value is -3.35. The minimum absolute atomic E-state index is 0.0589. The van der Waals surface area contributed by atoms with Gasteiger partial charge in [-0.25, -0.2) is 0 Å². The Balaban J connectivity index is 1.34. The van der Waals surface area contributed by atoms with Gasteiger partial charge in [-0.05, 0) is 42.7 Å². The molecule has 0 radical (unpaired) electrons. The van der Waals surface area contributed by atoms with Crippen molar-refractivity contribution in [3.63, 3.8) is 0 Å². The molecule has 0 atom stereocenters. The quantitative estimate of drug-likeness (QED) is 0.825. The van der Waals surface area contributed by atoms with Crippen LogP contribution < -0.4 is 15.0 Å². The molecule has 1 saturated heterocycles. The number of rotatable bonds is 5. The first kappa shape index (κ1) is 19.9. The fourth-order valence-corrected chi connectivity index (χ4v) is 3.76. The average Bonchev–Trinajstić information content (AvgIpc) is 3.26. The van der Waals surface area contributed by atoms with Crippen molar-refractivity contribution in [1.29, 1.82) is 0 Å². The Kier molecular flexibility index (Phi) is 5.97. The molecule has 0 aliphatic carbocycles. The first-order valence-electron chi connectivity index (χ1n) is 10.3. The van der Waals surface area contributed by atoms with E-state index in [-0.39, 0.29) is 30.7 Å². The average molecular weight is 407 g/mol. The predicted octanol–water partition coefficient (Wildman–Crippen LogP) is 2.35. The van der Waals surface area contributed by atoms with Gasteiger partial charge in [0.15, 0.2) is 0 Å². The number of carbonyl (C=O) groups excluding carboxylic acids is 3. The van der Waals surface area contributed by atoms with Crippen LogP contribution in [0.2, 0.25) is 0 Å². The van der Waals surface area contributed by atoms with E-state index in [1.165, 1.54) is 4.90 Å². The number of benzene rings is 2. The fraction of sp³-hybridized carbons (Fsp3) is 0.348. The van der Waals surface area contributed by atoms with Crippen molar-refractivity contribution in [2.45, 2.75) is 25.8 Å². The number of anilines is 1. The highest BCUT2D eigenvalue weighted by molar-refractivity contribution is 6.00. The van der Waals surface area contributed by atoms with Crippen molar-refractivity contribution in [3.05, 3.63) is 59.7 Å². The lowest BCUT2D eigenvalue weighted by atomic mass is 10.1. The van der Waals surface area contributed by atoms with Gasteiger partial charge in [0.05, 0.1) is 18.7 Å². The molecule has 30 heavy (non-hydrogen) atoms. The van der Waals surface area contributed by atoms with Crippen LogP contribution in [0.25, 0.3) is 0 Å². The summed E-state index contributed by atoms with van der Waals surface area (Å²) in [5.74, 6) is 0.273. The van der Waals surface area contributed by atoms with Gasteiger partial charge in [0.25, 0.3) is 5.91 Å². The minimum atomic E-state index is -0.253. The lowest BCUT2D eigenvalue weighted by Gasteiger charge is -2.21. The topological polar surface area (TPSA) is 79.0 Å². The second kappa shape index (κ2) is 8.98. The van der Waals surface area contributed by atoms with Gasteiger partial charge in [-0.3, -0.25) is 19.3 Å². The van der Waals surface area contributed by atoms with Crippen LogP contribution in [0.15, 0.2) is 48.5 Å². The van der Waals surface area contributed by atoms with Gasteiger partial charge in [0, 0.05) is 25.2 Å². The highest BCUT2D eigenvalue weighted by atomic mass is 16.5. The summed E-state index contributed by atoms with van der Waals surface area (Å²) in [4.78, 5) is 40.7. The predicted molar refractivity (Wildman–Crippen MR) is 112 cm³/mol. The number of para-hydroxylation sites is 2. The Morgan fingerprint density at radius 2 is 1.73 bits per heavy atom. The summed E-state index contributed by atoms with van der Waals surface area (Å²) in [7, 11) is 0. The van der Waals surface area contributed by atoms with E-state index in [1.807, 2.05) is 29.2 Å². The first-order chi connectivity index (χ1) is 14.6. The van der Waals surface area contributed by atoms with Gasteiger partial charge in [-0.2, -0.15) is 0 Å². The van der Waals surface area contributed by atoms with Gasteiger partial charge in [0.1, 0.15) is 12.3 Å². The van der Waals surface area contributed by atoms with Crippen molar-refractivity contribution in [2.24, 2.45) is 0 Å². The number of ether oxygens (including phenoxy) is 1. The lowest BCUT2D eigenvalue weighted by Crippen LogP contribution is -2.40. The third-order valence-electron chi connectivity index (χ3n) is 5.42. The Bertz CT molecular complexity index is 936. The van der Waals surface area contributed by atoms with E-state index in [4.69, 9.17) is 4.74 Å². The number of nitrogens with zero attached hydrogens (tertiary/aromatic N) is 2. The van der Waals surface area contributed by atoms with Crippen LogP contribution in [0.1, 0.15) is 35.2 Å². The molecule has 0 aromatic heterocycles. The van der Waals surface area contributed by atoms with Crippen LogP contribution >= 0.6 is 0 Å². The van der Waals surface area contributed by atoms with Crippen LogP contribution in [0.5, 0.6) is 5.75 Å². The third-order valence-corrected chi connectivity index (χ3v) is 5.42. The maximum absolute atomic E-state index is 12.5. The summed E-state index contributed by atoms with van der Waals surface area (Å²) in [6.07, 6.45) is 2.35. The molecule has 2 aliphatic heterocycles.